The van der Waals surface area contributed by atoms with Gasteiger partial charge in [0.1, 0.15) is 0 Å². The van der Waals surface area contributed by atoms with Crippen molar-refractivity contribution < 1.29 is 18.4 Å². The van der Waals surface area contributed by atoms with E-state index in [-0.39, 0.29) is 5.56 Å². The molecule has 0 amide bonds. The molecule has 0 aliphatic rings. The molecule has 0 spiro atoms. The standard InChI is InChI=1S/C16H16F3NO/c1-12(13-8-4-2-5-9-13)20(21)15(16(17,18)19)14-10-6-3-7-11-14/h2-12,15,21H,1H3/t12-,15?/m0/s1. The second kappa shape index (κ2) is 6.28. The van der Waals surface area contributed by atoms with Gasteiger partial charge in [-0.3, -0.25) is 0 Å². The number of hydrogen-bond donors (Lipinski definition) is 1. The molecule has 2 nitrogen and oxygen atoms in total. The molecule has 2 aromatic carbocycles. The highest BCUT2D eigenvalue weighted by molar-refractivity contribution is 5.23. The van der Waals surface area contributed by atoms with E-state index in [0.717, 1.165) is 0 Å². The molecule has 0 aliphatic heterocycles. The van der Waals surface area contributed by atoms with Gasteiger partial charge in [0.25, 0.3) is 0 Å². The SMILES string of the molecule is C[C@@H](c1ccccc1)N(O)C(c1ccccc1)C(F)(F)F. The Morgan fingerprint density at radius 1 is 0.857 bits per heavy atom. The van der Waals surface area contributed by atoms with Crippen molar-refractivity contribution in [1.29, 1.82) is 0 Å². The summed E-state index contributed by atoms with van der Waals surface area (Å²) in [6.45, 7) is 1.54. The number of benzene rings is 2. The summed E-state index contributed by atoms with van der Waals surface area (Å²) in [5.41, 5.74) is 0.625. The first-order valence-corrected chi connectivity index (χ1v) is 6.55. The third-order valence-corrected chi connectivity index (χ3v) is 3.37. The van der Waals surface area contributed by atoms with Gasteiger partial charge < -0.3 is 5.21 Å². The average Bonchev–Trinajstić information content (AvgIpc) is 2.47. The predicted molar refractivity (Wildman–Crippen MR) is 73.7 cm³/mol. The zero-order chi connectivity index (χ0) is 15.5. The quantitative estimate of drug-likeness (QED) is 0.823. The Bertz CT molecular complexity index is 557. The molecule has 0 aliphatic carbocycles. The molecule has 21 heavy (non-hydrogen) atoms. The zero-order valence-electron chi connectivity index (χ0n) is 11.5. The van der Waals surface area contributed by atoms with E-state index in [1.54, 1.807) is 36.4 Å². The fraction of sp³-hybridized carbons (Fsp3) is 0.250. The smallest absolute Gasteiger partial charge is 0.312 e. The maximum Gasteiger partial charge on any atom is 0.410 e. The van der Waals surface area contributed by atoms with E-state index in [9.17, 15) is 18.4 Å². The molecule has 0 saturated heterocycles. The summed E-state index contributed by atoms with van der Waals surface area (Å²) in [6, 6.07) is 13.2. The molecule has 0 heterocycles. The van der Waals surface area contributed by atoms with Crippen LogP contribution in [0.1, 0.15) is 30.1 Å². The first kappa shape index (κ1) is 15.5. The maximum atomic E-state index is 13.3. The molecular formula is C16H16F3NO. The van der Waals surface area contributed by atoms with E-state index in [2.05, 4.69) is 0 Å². The molecular weight excluding hydrogens is 279 g/mol. The van der Waals surface area contributed by atoms with Crippen LogP contribution in [0.4, 0.5) is 13.2 Å². The van der Waals surface area contributed by atoms with Crippen molar-refractivity contribution in [2.75, 3.05) is 0 Å². The summed E-state index contributed by atoms with van der Waals surface area (Å²) in [5.74, 6) is 0. The molecule has 0 radical (unpaired) electrons. The highest BCUT2D eigenvalue weighted by Gasteiger charge is 2.46. The fourth-order valence-corrected chi connectivity index (χ4v) is 2.23. The van der Waals surface area contributed by atoms with E-state index in [1.807, 2.05) is 0 Å². The number of hydrogen-bond acceptors (Lipinski definition) is 2. The van der Waals surface area contributed by atoms with Crippen LogP contribution in [-0.4, -0.2) is 16.4 Å². The first-order chi connectivity index (χ1) is 9.91. The van der Waals surface area contributed by atoms with Crippen LogP contribution in [0.25, 0.3) is 0 Å². The second-order valence-corrected chi connectivity index (χ2v) is 4.82. The molecule has 0 bridgehead atoms. The molecule has 0 fully saturated rings. The molecule has 1 N–H and O–H groups in total. The summed E-state index contributed by atoms with van der Waals surface area (Å²) in [4.78, 5) is 0. The molecule has 2 atom stereocenters. The van der Waals surface area contributed by atoms with Crippen molar-refractivity contribution in [3.63, 3.8) is 0 Å². The van der Waals surface area contributed by atoms with Gasteiger partial charge in [-0.05, 0) is 18.1 Å². The van der Waals surface area contributed by atoms with Crippen LogP contribution in [0, 0.1) is 0 Å². The third-order valence-electron chi connectivity index (χ3n) is 3.37. The van der Waals surface area contributed by atoms with Gasteiger partial charge in [-0.2, -0.15) is 18.2 Å². The predicted octanol–water partition coefficient (Wildman–Crippen LogP) is 4.74. The number of rotatable bonds is 4. The van der Waals surface area contributed by atoms with Crippen LogP contribution in [0.5, 0.6) is 0 Å². The first-order valence-electron chi connectivity index (χ1n) is 6.55. The molecule has 0 aromatic heterocycles. The fourth-order valence-electron chi connectivity index (χ4n) is 2.23. The van der Waals surface area contributed by atoms with Crippen LogP contribution < -0.4 is 0 Å². The lowest BCUT2D eigenvalue weighted by atomic mass is 10.0. The van der Waals surface area contributed by atoms with E-state index >= 15 is 0 Å². The largest absolute Gasteiger partial charge is 0.410 e. The summed E-state index contributed by atoms with van der Waals surface area (Å²) in [5, 5.41) is 10.5. The van der Waals surface area contributed by atoms with Gasteiger partial charge in [0.05, 0.1) is 6.04 Å². The minimum Gasteiger partial charge on any atom is -0.312 e. The van der Waals surface area contributed by atoms with Crippen molar-refractivity contribution >= 4 is 0 Å². The molecule has 2 rings (SSSR count). The Morgan fingerprint density at radius 2 is 1.29 bits per heavy atom. The van der Waals surface area contributed by atoms with Gasteiger partial charge in [0, 0.05) is 0 Å². The lowest BCUT2D eigenvalue weighted by Gasteiger charge is -2.32. The van der Waals surface area contributed by atoms with Crippen LogP contribution >= 0.6 is 0 Å². The number of halogens is 3. The van der Waals surface area contributed by atoms with Gasteiger partial charge in [0.15, 0.2) is 6.04 Å². The minimum absolute atomic E-state index is 0.00952. The highest BCUT2D eigenvalue weighted by atomic mass is 19.4. The Morgan fingerprint density at radius 3 is 1.71 bits per heavy atom. The third kappa shape index (κ3) is 3.62. The lowest BCUT2D eigenvalue weighted by molar-refractivity contribution is -0.269. The van der Waals surface area contributed by atoms with Crippen molar-refractivity contribution in [1.82, 2.24) is 5.06 Å². The number of nitrogens with zero attached hydrogens (tertiary/aromatic N) is 1. The zero-order valence-corrected chi connectivity index (χ0v) is 11.5. The highest BCUT2D eigenvalue weighted by Crippen LogP contribution is 2.40. The maximum absolute atomic E-state index is 13.3. The van der Waals surface area contributed by atoms with Crippen LogP contribution in [0.15, 0.2) is 60.7 Å². The minimum atomic E-state index is -4.57. The van der Waals surface area contributed by atoms with Crippen molar-refractivity contribution in [2.45, 2.75) is 25.2 Å². The van der Waals surface area contributed by atoms with Gasteiger partial charge >= 0.3 is 6.18 Å². The van der Waals surface area contributed by atoms with E-state index in [4.69, 9.17) is 0 Å². The average molecular weight is 295 g/mol. The van der Waals surface area contributed by atoms with Gasteiger partial charge in [-0.1, -0.05) is 60.7 Å². The molecule has 2 aromatic rings. The van der Waals surface area contributed by atoms with Crippen LogP contribution in [0.2, 0.25) is 0 Å². The van der Waals surface area contributed by atoms with Crippen molar-refractivity contribution in [2.24, 2.45) is 0 Å². The summed E-state index contributed by atoms with van der Waals surface area (Å²) in [6.07, 6.45) is -4.57. The second-order valence-electron chi connectivity index (χ2n) is 4.82. The van der Waals surface area contributed by atoms with Gasteiger partial charge in [0.2, 0.25) is 0 Å². The van der Waals surface area contributed by atoms with Gasteiger partial charge in [-0.15, -0.1) is 0 Å². The Kier molecular flexibility index (Phi) is 4.65. The Labute approximate surface area is 121 Å². The lowest BCUT2D eigenvalue weighted by Crippen LogP contribution is -2.37. The number of alkyl halides is 3. The molecule has 5 heteroatoms. The summed E-state index contributed by atoms with van der Waals surface area (Å²) < 4.78 is 40.0. The monoisotopic (exact) mass is 295 g/mol. The van der Waals surface area contributed by atoms with E-state index in [1.165, 1.54) is 31.2 Å². The molecule has 112 valence electrons. The molecule has 0 saturated carbocycles. The summed E-state index contributed by atoms with van der Waals surface area (Å²) >= 11 is 0. The summed E-state index contributed by atoms with van der Waals surface area (Å²) in [7, 11) is 0. The Hall–Kier alpha value is -1.85. The topological polar surface area (TPSA) is 23.5 Å². The molecule has 1 unspecified atom stereocenters. The van der Waals surface area contributed by atoms with Crippen molar-refractivity contribution in [3.05, 3.63) is 71.8 Å². The van der Waals surface area contributed by atoms with Gasteiger partial charge in [-0.25, -0.2) is 0 Å². The normalized spacial score (nSPS) is 15.0. The van der Waals surface area contributed by atoms with E-state index in [0.29, 0.717) is 10.6 Å². The Balaban J connectivity index is 2.34. The number of hydroxylamine groups is 2. The van der Waals surface area contributed by atoms with E-state index < -0.39 is 18.3 Å². The van der Waals surface area contributed by atoms with Crippen LogP contribution in [0.3, 0.4) is 0 Å². The van der Waals surface area contributed by atoms with Crippen molar-refractivity contribution in [3.8, 4) is 0 Å². The van der Waals surface area contributed by atoms with Crippen LogP contribution in [-0.2, 0) is 0 Å².